The maximum absolute atomic E-state index is 9.84. The number of anilines is 1. The summed E-state index contributed by atoms with van der Waals surface area (Å²) in [5.74, 6) is 2.75. The van der Waals surface area contributed by atoms with E-state index in [-0.39, 0.29) is 18.8 Å². The zero-order chi connectivity index (χ0) is 15.7. The van der Waals surface area contributed by atoms with E-state index in [4.69, 9.17) is 4.74 Å². The van der Waals surface area contributed by atoms with Gasteiger partial charge in [-0.2, -0.15) is 0 Å². The summed E-state index contributed by atoms with van der Waals surface area (Å²) in [6, 6.07) is 0.228. The molecule has 122 valence electrons. The highest BCUT2D eigenvalue weighted by molar-refractivity contribution is 5.83. The first-order valence-corrected chi connectivity index (χ1v) is 8.28. The van der Waals surface area contributed by atoms with Crippen LogP contribution in [0.4, 0.5) is 5.82 Å². The number of aliphatic hydroxyl groups is 1. The molecule has 2 aromatic rings. The number of aliphatic hydroxyl groups excluding tert-OH is 1. The number of nitrogens with zero attached hydrogens (tertiary/aromatic N) is 5. The number of imidazole rings is 1. The van der Waals surface area contributed by atoms with Gasteiger partial charge in [-0.3, -0.25) is 0 Å². The molecule has 0 amide bonds. The third-order valence-electron chi connectivity index (χ3n) is 6.17. The highest BCUT2D eigenvalue weighted by atomic mass is 16.5. The Labute approximate surface area is 134 Å². The lowest BCUT2D eigenvalue weighted by Gasteiger charge is -2.33. The maximum atomic E-state index is 9.84. The molecule has 3 heterocycles. The average Bonchev–Trinajstić information content (AvgIpc) is 3.25. The summed E-state index contributed by atoms with van der Waals surface area (Å²) in [6.07, 6.45) is 4.87. The van der Waals surface area contributed by atoms with Crippen LogP contribution in [0.3, 0.4) is 0 Å². The van der Waals surface area contributed by atoms with E-state index in [1.54, 1.807) is 6.33 Å². The molecule has 2 aromatic heterocycles. The van der Waals surface area contributed by atoms with Crippen molar-refractivity contribution in [3.05, 3.63) is 12.7 Å². The lowest BCUT2D eigenvalue weighted by atomic mass is 9.78. The molecule has 0 unspecified atom stereocenters. The molecule has 1 N–H and O–H groups in total. The van der Waals surface area contributed by atoms with Gasteiger partial charge in [-0.15, -0.1) is 0 Å². The molecule has 5 rings (SSSR count). The fourth-order valence-electron chi connectivity index (χ4n) is 5.28. The number of ether oxygens (including phenoxy) is 1. The number of hydrogen-bond donors (Lipinski definition) is 1. The van der Waals surface area contributed by atoms with Gasteiger partial charge in [0.2, 0.25) is 0 Å². The number of aromatic nitrogens is 4. The van der Waals surface area contributed by atoms with E-state index >= 15 is 0 Å². The lowest BCUT2D eigenvalue weighted by molar-refractivity contribution is 0.0560. The van der Waals surface area contributed by atoms with E-state index in [0.717, 1.165) is 30.0 Å². The molecule has 7 nitrogen and oxygen atoms in total. The Balaban J connectivity index is 1.63. The van der Waals surface area contributed by atoms with E-state index in [0.29, 0.717) is 23.7 Å². The van der Waals surface area contributed by atoms with Crippen LogP contribution in [0.1, 0.15) is 12.5 Å². The van der Waals surface area contributed by atoms with Gasteiger partial charge in [0.1, 0.15) is 6.33 Å². The molecule has 1 saturated heterocycles. The summed E-state index contributed by atoms with van der Waals surface area (Å²) < 4.78 is 8.28. The first kappa shape index (κ1) is 13.7. The highest BCUT2D eigenvalue weighted by Gasteiger charge is 2.62. The molecular formula is C16H21N5O2. The minimum Gasteiger partial charge on any atom is -0.396 e. The Morgan fingerprint density at radius 2 is 2.13 bits per heavy atom. The molecule has 0 aromatic carbocycles. The smallest absolute Gasteiger partial charge is 0.165 e. The van der Waals surface area contributed by atoms with Crippen molar-refractivity contribution < 1.29 is 9.84 Å². The van der Waals surface area contributed by atoms with E-state index < -0.39 is 0 Å². The second kappa shape index (κ2) is 4.64. The minimum absolute atomic E-state index is 0.228. The molecule has 2 aliphatic carbocycles. The summed E-state index contributed by atoms with van der Waals surface area (Å²) in [5, 5.41) is 9.84. The van der Waals surface area contributed by atoms with Crippen molar-refractivity contribution >= 4 is 17.0 Å². The average molecular weight is 315 g/mol. The van der Waals surface area contributed by atoms with Crippen LogP contribution < -0.4 is 4.90 Å². The molecule has 0 radical (unpaired) electrons. The van der Waals surface area contributed by atoms with Gasteiger partial charge in [0.15, 0.2) is 17.0 Å². The van der Waals surface area contributed by atoms with Gasteiger partial charge in [-0.25, -0.2) is 15.0 Å². The summed E-state index contributed by atoms with van der Waals surface area (Å²) in [4.78, 5) is 15.4. The van der Waals surface area contributed by atoms with E-state index in [1.807, 2.05) is 25.3 Å². The van der Waals surface area contributed by atoms with Crippen LogP contribution in [-0.2, 0) is 4.74 Å². The first-order chi connectivity index (χ1) is 11.2. The SMILES string of the molecule is CN(C)c1ncnc2c1ncn2[C@@H]1[C@@H]2C[C@H]3[C@H](CO[C@H]31)[C@H]2CO. The van der Waals surface area contributed by atoms with Crippen molar-refractivity contribution in [2.75, 3.05) is 32.2 Å². The largest absolute Gasteiger partial charge is 0.396 e. The second-order valence-electron chi connectivity index (χ2n) is 7.28. The monoisotopic (exact) mass is 315 g/mol. The van der Waals surface area contributed by atoms with Crippen molar-refractivity contribution in [1.29, 1.82) is 0 Å². The van der Waals surface area contributed by atoms with Crippen molar-refractivity contribution in [2.45, 2.75) is 18.6 Å². The highest BCUT2D eigenvalue weighted by Crippen LogP contribution is 2.61. The van der Waals surface area contributed by atoms with Crippen molar-refractivity contribution in [3.63, 3.8) is 0 Å². The second-order valence-corrected chi connectivity index (χ2v) is 7.28. The van der Waals surface area contributed by atoms with E-state index in [1.165, 1.54) is 0 Å². The third-order valence-corrected chi connectivity index (χ3v) is 6.17. The number of fused-ring (bicyclic) bond motifs is 2. The Morgan fingerprint density at radius 1 is 1.26 bits per heavy atom. The molecule has 3 aliphatic rings. The third kappa shape index (κ3) is 1.64. The standard InChI is InChI=1S/C16H21N5O2/c1-20(2)15-12-16(18-6-17-15)21(7-19-12)13-8-3-9-11(10(8)4-22)5-23-14(9)13/h6-11,13-14,22H,3-5H2,1-2H3/t8-,9+,10+,11+,13-,14-/m1/s1. The number of hydrogen-bond acceptors (Lipinski definition) is 6. The Bertz CT molecular complexity index is 760. The topological polar surface area (TPSA) is 76.3 Å². The molecule has 7 heteroatoms. The van der Waals surface area contributed by atoms with Crippen LogP contribution in [-0.4, -0.2) is 58.0 Å². The van der Waals surface area contributed by atoms with Crippen LogP contribution in [0.2, 0.25) is 0 Å². The zero-order valence-electron chi connectivity index (χ0n) is 13.3. The number of rotatable bonds is 3. The molecule has 2 saturated carbocycles. The maximum Gasteiger partial charge on any atom is 0.165 e. The van der Waals surface area contributed by atoms with Gasteiger partial charge >= 0.3 is 0 Å². The normalized spacial score (nSPS) is 37.9. The molecule has 3 fully saturated rings. The predicted octanol–water partition coefficient (Wildman–Crippen LogP) is 0.707. The zero-order valence-corrected chi connectivity index (χ0v) is 13.3. The fraction of sp³-hybridized carbons (Fsp3) is 0.688. The van der Waals surface area contributed by atoms with Crippen molar-refractivity contribution in [3.8, 4) is 0 Å². The molecule has 6 atom stereocenters. The summed E-state index contributed by atoms with van der Waals surface area (Å²) in [6.45, 7) is 1.04. The molecule has 23 heavy (non-hydrogen) atoms. The summed E-state index contributed by atoms with van der Waals surface area (Å²) >= 11 is 0. The Morgan fingerprint density at radius 3 is 2.91 bits per heavy atom. The minimum atomic E-state index is 0.228. The summed E-state index contributed by atoms with van der Waals surface area (Å²) in [7, 11) is 3.93. The fourth-order valence-corrected chi connectivity index (χ4v) is 5.28. The van der Waals surface area contributed by atoms with Crippen LogP contribution in [0.25, 0.3) is 11.2 Å². The van der Waals surface area contributed by atoms with Gasteiger partial charge in [0, 0.05) is 20.7 Å². The van der Waals surface area contributed by atoms with Gasteiger partial charge in [0.25, 0.3) is 0 Å². The van der Waals surface area contributed by atoms with Gasteiger partial charge in [-0.1, -0.05) is 0 Å². The quantitative estimate of drug-likeness (QED) is 0.899. The van der Waals surface area contributed by atoms with E-state index in [9.17, 15) is 5.11 Å². The van der Waals surface area contributed by atoms with Crippen LogP contribution in [0.15, 0.2) is 12.7 Å². The Kier molecular flexibility index (Phi) is 2.76. The van der Waals surface area contributed by atoms with Crippen LogP contribution >= 0.6 is 0 Å². The molecule has 1 aliphatic heterocycles. The molecular weight excluding hydrogens is 294 g/mol. The van der Waals surface area contributed by atoms with Crippen molar-refractivity contribution in [1.82, 2.24) is 19.5 Å². The Hall–Kier alpha value is -1.73. The molecule has 2 bridgehead atoms. The van der Waals surface area contributed by atoms with E-state index in [2.05, 4.69) is 19.5 Å². The first-order valence-electron chi connectivity index (χ1n) is 8.28. The van der Waals surface area contributed by atoms with Crippen molar-refractivity contribution in [2.24, 2.45) is 23.7 Å². The van der Waals surface area contributed by atoms with Gasteiger partial charge in [0.05, 0.1) is 25.1 Å². The molecule has 0 spiro atoms. The van der Waals surface area contributed by atoms with Gasteiger partial charge < -0.3 is 19.3 Å². The predicted molar refractivity (Wildman–Crippen MR) is 84.1 cm³/mol. The van der Waals surface area contributed by atoms with Crippen LogP contribution in [0.5, 0.6) is 0 Å². The summed E-state index contributed by atoms with van der Waals surface area (Å²) in [5.41, 5.74) is 1.69. The van der Waals surface area contributed by atoms with Gasteiger partial charge in [-0.05, 0) is 30.1 Å². The van der Waals surface area contributed by atoms with Crippen LogP contribution in [0, 0.1) is 23.7 Å². The lowest BCUT2D eigenvalue weighted by Crippen LogP contribution is -2.36.